The van der Waals surface area contributed by atoms with Gasteiger partial charge in [0.2, 0.25) is 0 Å². The Hall–Kier alpha value is -1.95. The first-order valence-corrected chi connectivity index (χ1v) is 6.80. The minimum absolute atomic E-state index is 0.130. The van der Waals surface area contributed by atoms with Gasteiger partial charge in [-0.05, 0) is 24.3 Å². The Kier molecular flexibility index (Phi) is 4.68. The molecule has 0 aliphatic heterocycles. The smallest absolute Gasteiger partial charge is 0.253 e. The Bertz CT molecular complexity index is 619. The van der Waals surface area contributed by atoms with Crippen LogP contribution in [-0.2, 0) is 6.42 Å². The second-order valence-electron chi connectivity index (χ2n) is 4.17. The summed E-state index contributed by atoms with van der Waals surface area (Å²) >= 11 is 3.19. The lowest BCUT2D eigenvalue weighted by Gasteiger charge is -2.11. The number of pyridine rings is 1. The van der Waals surface area contributed by atoms with Gasteiger partial charge in [0.15, 0.2) is 0 Å². The Balaban J connectivity index is 2.11. The van der Waals surface area contributed by atoms with Crippen LogP contribution in [-0.4, -0.2) is 17.4 Å². The summed E-state index contributed by atoms with van der Waals surface area (Å²) in [6, 6.07) is 8.48. The summed E-state index contributed by atoms with van der Waals surface area (Å²) in [4.78, 5) is 15.5. The lowest BCUT2D eigenvalue weighted by molar-refractivity contribution is 0.0997. The highest BCUT2D eigenvalue weighted by Gasteiger charge is 2.15. The number of nitrogens with two attached hydrogens (primary N) is 1. The molecule has 1 amide bonds. The molecule has 0 saturated heterocycles. The number of rotatable bonds is 5. The van der Waals surface area contributed by atoms with Gasteiger partial charge in [-0.25, -0.2) is 4.39 Å². The third kappa shape index (κ3) is 3.54. The van der Waals surface area contributed by atoms with E-state index in [0.29, 0.717) is 23.1 Å². The van der Waals surface area contributed by atoms with Gasteiger partial charge in [0.1, 0.15) is 5.82 Å². The summed E-state index contributed by atoms with van der Waals surface area (Å²) in [6.07, 6.45) is 2.37. The van der Waals surface area contributed by atoms with Crippen LogP contribution in [0.15, 0.2) is 41.0 Å². The highest BCUT2D eigenvalue weighted by atomic mass is 79.9. The molecule has 6 heteroatoms. The fraction of sp³-hybridized carbons (Fsp3) is 0.143. The monoisotopic (exact) mass is 337 g/mol. The van der Waals surface area contributed by atoms with Crippen LogP contribution in [0.2, 0.25) is 0 Å². The predicted octanol–water partition coefficient (Wildman–Crippen LogP) is 2.74. The van der Waals surface area contributed by atoms with Crippen LogP contribution >= 0.6 is 15.9 Å². The lowest BCUT2D eigenvalue weighted by Crippen LogP contribution is -2.17. The number of halogens is 2. The summed E-state index contributed by atoms with van der Waals surface area (Å²) in [7, 11) is 0. The largest absolute Gasteiger partial charge is 0.384 e. The molecule has 0 aliphatic rings. The quantitative estimate of drug-likeness (QED) is 0.881. The second kappa shape index (κ2) is 6.47. The Morgan fingerprint density at radius 2 is 2.20 bits per heavy atom. The molecule has 4 nitrogen and oxygen atoms in total. The van der Waals surface area contributed by atoms with Gasteiger partial charge in [-0.3, -0.25) is 9.78 Å². The molecule has 0 aliphatic carbocycles. The number of carbonyl (C=O) groups is 1. The van der Waals surface area contributed by atoms with E-state index in [1.807, 2.05) is 18.2 Å². The Labute approximate surface area is 124 Å². The van der Waals surface area contributed by atoms with Crippen molar-refractivity contribution in [2.24, 2.45) is 5.73 Å². The van der Waals surface area contributed by atoms with Crippen molar-refractivity contribution in [3.8, 4) is 0 Å². The van der Waals surface area contributed by atoms with Crippen molar-refractivity contribution in [2.45, 2.75) is 6.42 Å². The lowest BCUT2D eigenvalue weighted by atomic mass is 10.1. The van der Waals surface area contributed by atoms with Crippen LogP contribution in [0.25, 0.3) is 0 Å². The summed E-state index contributed by atoms with van der Waals surface area (Å²) in [5.74, 6) is -1.44. The van der Waals surface area contributed by atoms with Gasteiger partial charge in [-0.15, -0.1) is 0 Å². The topological polar surface area (TPSA) is 68.0 Å². The maximum Gasteiger partial charge on any atom is 0.253 e. The van der Waals surface area contributed by atoms with Crippen molar-refractivity contribution >= 4 is 27.5 Å². The number of nitrogens with one attached hydrogen (secondary N) is 1. The number of hydrogen-bond donors (Lipinski definition) is 2. The van der Waals surface area contributed by atoms with Crippen molar-refractivity contribution in [1.29, 1.82) is 0 Å². The third-order valence-electron chi connectivity index (χ3n) is 2.72. The molecule has 0 saturated carbocycles. The molecular formula is C14H13BrFN3O. The molecule has 0 unspecified atom stereocenters. The van der Waals surface area contributed by atoms with E-state index in [1.165, 1.54) is 6.07 Å². The summed E-state index contributed by atoms with van der Waals surface area (Å²) in [6.45, 7) is 0.521. The van der Waals surface area contributed by atoms with Crippen LogP contribution < -0.4 is 11.1 Å². The third-order valence-corrected chi connectivity index (χ3v) is 3.18. The number of hydrogen-bond acceptors (Lipinski definition) is 3. The first-order valence-electron chi connectivity index (χ1n) is 6.00. The van der Waals surface area contributed by atoms with Gasteiger partial charge < -0.3 is 11.1 Å². The van der Waals surface area contributed by atoms with Crippen molar-refractivity contribution < 1.29 is 9.18 Å². The number of aromatic nitrogens is 1. The molecule has 0 bridgehead atoms. The van der Waals surface area contributed by atoms with Crippen LogP contribution in [0.1, 0.15) is 16.1 Å². The number of carbonyl (C=O) groups excluding carboxylic acids is 1. The molecule has 0 fully saturated rings. The van der Waals surface area contributed by atoms with E-state index < -0.39 is 11.7 Å². The van der Waals surface area contributed by atoms with Gasteiger partial charge in [0.05, 0.1) is 11.3 Å². The van der Waals surface area contributed by atoms with Crippen molar-refractivity contribution in [3.63, 3.8) is 0 Å². The summed E-state index contributed by atoms with van der Waals surface area (Å²) in [5.41, 5.74) is 6.36. The van der Waals surface area contributed by atoms with Gasteiger partial charge in [-0.2, -0.15) is 0 Å². The van der Waals surface area contributed by atoms with Crippen molar-refractivity contribution in [2.75, 3.05) is 11.9 Å². The molecule has 2 aromatic rings. The van der Waals surface area contributed by atoms with E-state index in [0.717, 1.165) is 5.69 Å². The van der Waals surface area contributed by atoms with E-state index >= 15 is 0 Å². The first kappa shape index (κ1) is 14.5. The van der Waals surface area contributed by atoms with Gasteiger partial charge in [0, 0.05) is 29.3 Å². The number of benzene rings is 1. The number of primary amides is 1. The normalized spacial score (nSPS) is 10.3. The predicted molar refractivity (Wildman–Crippen MR) is 79.0 cm³/mol. The van der Waals surface area contributed by atoms with Gasteiger partial charge in [-0.1, -0.05) is 22.0 Å². The average Bonchev–Trinajstić information content (AvgIpc) is 2.38. The van der Waals surface area contributed by atoms with Gasteiger partial charge >= 0.3 is 0 Å². The zero-order valence-electron chi connectivity index (χ0n) is 10.6. The number of anilines is 1. The van der Waals surface area contributed by atoms with Crippen molar-refractivity contribution in [1.82, 2.24) is 4.98 Å². The van der Waals surface area contributed by atoms with Crippen LogP contribution in [0, 0.1) is 5.82 Å². The molecule has 3 N–H and O–H groups in total. The maximum atomic E-state index is 13.7. The van der Waals surface area contributed by atoms with E-state index in [9.17, 15) is 9.18 Å². The Morgan fingerprint density at radius 3 is 2.85 bits per heavy atom. The molecule has 1 heterocycles. The first-order chi connectivity index (χ1) is 9.58. The summed E-state index contributed by atoms with van der Waals surface area (Å²) in [5, 5.41) is 3.01. The fourth-order valence-corrected chi connectivity index (χ4v) is 2.26. The molecule has 1 aromatic heterocycles. The molecule has 0 atom stereocenters. The zero-order chi connectivity index (χ0) is 14.5. The molecule has 1 aromatic carbocycles. The molecular weight excluding hydrogens is 325 g/mol. The van der Waals surface area contributed by atoms with Crippen LogP contribution in [0.5, 0.6) is 0 Å². The SMILES string of the molecule is NC(=O)c1c(F)cc(Br)cc1NCCc1ccccn1. The second-order valence-corrected chi connectivity index (χ2v) is 5.09. The average molecular weight is 338 g/mol. The zero-order valence-corrected chi connectivity index (χ0v) is 12.2. The highest BCUT2D eigenvalue weighted by molar-refractivity contribution is 9.10. The van der Waals surface area contributed by atoms with E-state index in [-0.39, 0.29) is 5.56 Å². The van der Waals surface area contributed by atoms with Crippen molar-refractivity contribution in [3.05, 3.63) is 58.1 Å². The summed E-state index contributed by atoms with van der Waals surface area (Å²) < 4.78 is 14.3. The number of nitrogens with zero attached hydrogens (tertiary/aromatic N) is 1. The van der Waals surface area contributed by atoms with Crippen LogP contribution in [0.3, 0.4) is 0 Å². The molecule has 104 valence electrons. The highest BCUT2D eigenvalue weighted by Crippen LogP contribution is 2.24. The van der Waals surface area contributed by atoms with Crippen LogP contribution in [0.4, 0.5) is 10.1 Å². The molecule has 2 rings (SSSR count). The minimum Gasteiger partial charge on any atom is -0.384 e. The number of amides is 1. The standard InChI is InChI=1S/C14H13BrFN3O/c15-9-7-11(16)13(14(17)20)12(8-9)19-6-4-10-3-1-2-5-18-10/h1-3,5,7-8,19H,4,6H2,(H2,17,20). The molecule has 0 radical (unpaired) electrons. The van der Waals surface area contributed by atoms with E-state index in [2.05, 4.69) is 26.2 Å². The minimum atomic E-state index is -0.796. The van der Waals surface area contributed by atoms with E-state index in [4.69, 9.17) is 5.73 Å². The van der Waals surface area contributed by atoms with Gasteiger partial charge in [0.25, 0.3) is 5.91 Å². The Morgan fingerprint density at radius 1 is 1.40 bits per heavy atom. The fourth-order valence-electron chi connectivity index (χ4n) is 1.83. The van der Waals surface area contributed by atoms with E-state index in [1.54, 1.807) is 12.3 Å². The molecule has 20 heavy (non-hydrogen) atoms. The molecule has 0 spiro atoms. The maximum absolute atomic E-state index is 13.7.